The molecule has 0 bridgehead atoms. The Morgan fingerprint density at radius 2 is 1.56 bits per heavy atom. The zero-order valence-corrected chi connectivity index (χ0v) is 11.9. The molecule has 0 aromatic heterocycles. The van der Waals surface area contributed by atoms with E-state index in [1.807, 2.05) is 6.92 Å². The quantitative estimate of drug-likeness (QED) is 0.433. The van der Waals surface area contributed by atoms with Crippen LogP contribution in [0.25, 0.3) is 0 Å². The molecule has 1 unspecified atom stereocenters. The Balaban J connectivity index is 3.63. The molecule has 0 aliphatic heterocycles. The summed E-state index contributed by atoms with van der Waals surface area (Å²) in [5.74, 6) is 0. The van der Waals surface area contributed by atoms with Crippen molar-refractivity contribution in [1.29, 1.82) is 0 Å². The Labute approximate surface area is 99.3 Å². The highest BCUT2D eigenvalue weighted by molar-refractivity contribution is 6.60. The van der Waals surface area contributed by atoms with Crippen molar-refractivity contribution in [3.63, 3.8) is 0 Å². The molecule has 0 saturated heterocycles. The first-order valence-electron chi connectivity index (χ1n) is 5.40. The van der Waals surface area contributed by atoms with Crippen molar-refractivity contribution < 1.29 is 22.8 Å². The lowest BCUT2D eigenvalue weighted by Gasteiger charge is -2.24. The molecule has 0 N–H and O–H groups in total. The molecule has 0 saturated carbocycles. The maximum absolute atomic E-state index is 5.45. The monoisotopic (exact) mass is 252 g/mol. The van der Waals surface area contributed by atoms with E-state index >= 15 is 0 Å². The highest BCUT2D eigenvalue weighted by Gasteiger charge is 2.36. The molecule has 0 radical (unpaired) electrons. The first-order chi connectivity index (χ1) is 7.64. The largest absolute Gasteiger partial charge is 0.500 e. The smallest absolute Gasteiger partial charge is 0.379 e. The van der Waals surface area contributed by atoms with Crippen LogP contribution in [-0.4, -0.2) is 56.6 Å². The zero-order chi connectivity index (χ0) is 12.4. The van der Waals surface area contributed by atoms with E-state index < -0.39 is 8.80 Å². The summed E-state index contributed by atoms with van der Waals surface area (Å²) in [6.07, 6.45) is 0.993. The molecule has 5 nitrogen and oxygen atoms in total. The van der Waals surface area contributed by atoms with Crippen LogP contribution in [0.5, 0.6) is 0 Å². The minimum atomic E-state index is -2.41. The van der Waals surface area contributed by atoms with Crippen LogP contribution in [0.3, 0.4) is 0 Å². The number of ether oxygens (including phenoxy) is 2. The van der Waals surface area contributed by atoms with Crippen LogP contribution in [0.2, 0.25) is 6.04 Å². The van der Waals surface area contributed by atoms with Gasteiger partial charge in [-0.25, -0.2) is 0 Å². The molecule has 0 spiro atoms. The Morgan fingerprint density at radius 1 is 1.00 bits per heavy atom. The molecule has 0 rings (SSSR count). The number of methoxy groups -OCH3 is 1. The van der Waals surface area contributed by atoms with Gasteiger partial charge >= 0.3 is 8.80 Å². The fourth-order valence-electron chi connectivity index (χ4n) is 1.26. The van der Waals surface area contributed by atoms with Crippen LogP contribution in [0, 0.1) is 0 Å². The second kappa shape index (κ2) is 9.09. The predicted molar refractivity (Wildman–Crippen MR) is 63.5 cm³/mol. The van der Waals surface area contributed by atoms with Gasteiger partial charge in [-0.2, -0.15) is 0 Å². The third-order valence-electron chi connectivity index (χ3n) is 2.46. The molecule has 0 aromatic rings. The van der Waals surface area contributed by atoms with E-state index in [1.54, 1.807) is 28.4 Å². The topological polar surface area (TPSA) is 46.2 Å². The lowest BCUT2D eigenvalue weighted by molar-refractivity contribution is 0.0174. The van der Waals surface area contributed by atoms with Gasteiger partial charge in [-0.3, -0.25) is 0 Å². The van der Waals surface area contributed by atoms with Crippen LogP contribution >= 0.6 is 0 Å². The summed E-state index contributed by atoms with van der Waals surface area (Å²) in [7, 11) is 4.11. The van der Waals surface area contributed by atoms with Crippen LogP contribution in [0.15, 0.2) is 0 Å². The first-order valence-corrected chi connectivity index (χ1v) is 7.33. The van der Waals surface area contributed by atoms with E-state index in [9.17, 15) is 0 Å². The van der Waals surface area contributed by atoms with E-state index in [1.165, 1.54) is 0 Å². The Bertz CT molecular complexity index is 155. The Morgan fingerprint density at radius 3 is 2.00 bits per heavy atom. The van der Waals surface area contributed by atoms with Crippen LogP contribution in [-0.2, 0) is 22.8 Å². The third-order valence-corrected chi connectivity index (χ3v) is 5.29. The molecule has 0 fully saturated rings. The van der Waals surface area contributed by atoms with Gasteiger partial charge in [0.2, 0.25) is 0 Å². The summed E-state index contributed by atoms with van der Waals surface area (Å²) in [6.45, 7) is 3.25. The predicted octanol–water partition coefficient (Wildman–Crippen LogP) is 1.31. The van der Waals surface area contributed by atoms with Gasteiger partial charge in [-0.15, -0.1) is 0 Å². The molecular weight excluding hydrogens is 228 g/mol. The second-order valence-electron chi connectivity index (χ2n) is 3.52. The van der Waals surface area contributed by atoms with Crippen molar-refractivity contribution in [3.05, 3.63) is 0 Å². The molecule has 0 aliphatic carbocycles. The van der Waals surface area contributed by atoms with Gasteiger partial charge in [-0.1, -0.05) is 0 Å². The van der Waals surface area contributed by atoms with E-state index in [0.717, 1.165) is 12.5 Å². The third kappa shape index (κ3) is 5.93. The van der Waals surface area contributed by atoms with Crippen molar-refractivity contribution in [3.8, 4) is 0 Å². The molecule has 98 valence electrons. The van der Waals surface area contributed by atoms with E-state index in [0.29, 0.717) is 13.2 Å². The zero-order valence-electron chi connectivity index (χ0n) is 10.9. The summed E-state index contributed by atoms with van der Waals surface area (Å²) in [6, 6.07) is 0.762. The van der Waals surface area contributed by atoms with Gasteiger partial charge in [0, 0.05) is 41.1 Å². The van der Waals surface area contributed by atoms with Crippen molar-refractivity contribution in [2.24, 2.45) is 0 Å². The normalized spacial score (nSPS) is 14.1. The van der Waals surface area contributed by atoms with Crippen LogP contribution in [0.1, 0.15) is 13.3 Å². The van der Waals surface area contributed by atoms with Gasteiger partial charge in [0.05, 0.1) is 12.7 Å². The average molecular weight is 252 g/mol. The average Bonchev–Trinajstić information content (AvgIpc) is 2.34. The Hall–Kier alpha value is 0.0169. The van der Waals surface area contributed by atoms with Crippen molar-refractivity contribution in [1.82, 2.24) is 0 Å². The summed E-state index contributed by atoms with van der Waals surface area (Å²) >= 11 is 0. The minimum Gasteiger partial charge on any atom is -0.379 e. The number of hydrogen-bond acceptors (Lipinski definition) is 5. The van der Waals surface area contributed by atoms with Crippen molar-refractivity contribution in [2.75, 3.05) is 41.7 Å². The second-order valence-corrected chi connectivity index (χ2v) is 6.61. The highest BCUT2D eigenvalue weighted by Crippen LogP contribution is 2.14. The maximum Gasteiger partial charge on any atom is 0.500 e. The molecule has 16 heavy (non-hydrogen) atoms. The standard InChI is InChI=1S/C10H24O5Si/c1-10(11-2)9-15-7-6-8-16(12-3,13-4)14-5/h10H,6-9H2,1-5H3. The molecule has 0 amide bonds. The lowest BCUT2D eigenvalue weighted by atomic mass is 10.4. The molecule has 1 atom stereocenters. The van der Waals surface area contributed by atoms with Gasteiger partial charge in [0.15, 0.2) is 0 Å². The van der Waals surface area contributed by atoms with Gasteiger partial charge in [-0.05, 0) is 13.3 Å². The summed E-state index contributed by atoms with van der Waals surface area (Å²) in [5.41, 5.74) is 0. The van der Waals surface area contributed by atoms with E-state index in [2.05, 4.69) is 0 Å². The fraction of sp³-hybridized carbons (Fsp3) is 1.00. The first kappa shape index (κ1) is 16.0. The van der Waals surface area contributed by atoms with Crippen molar-refractivity contribution >= 4 is 8.80 Å². The number of rotatable bonds is 10. The molecule has 6 heteroatoms. The Kier molecular flexibility index (Phi) is 9.10. The van der Waals surface area contributed by atoms with Gasteiger partial charge in [0.1, 0.15) is 0 Å². The van der Waals surface area contributed by atoms with Crippen LogP contribution < -0.4 is 0 Å². The highest BCUT2D eigenvalue weighted by atomic mass is 28.4. The molecule has 0 aromatic carbocycles. The summed E-state index contributed by atoms with van der Waals surface area (Å²) < 4.78 is 26.4. The summed E-state index contributed by atoms with van der Waals surface area (Å²) in [5, 5.41) is 0. The lowest BCUT2D eigenvalue weighted by Crippen LogP contribution is -2.42. The molecular formula is C10H24O5Si. The van der Waals surface area contributed by atoms with Gasteiger partial charge in [0.25, 0.3) is 0 Å². The number of hydrogen-bond donors (Lipinski definition) is 0. The minimum absolute atomic E-state index is 0.134. The molecule has 0 aliphatic rings. The van der Waals surface area contributed by atoms with Crippen LogP contribution in [0.4, 0.5) is 0 Å². The maximum atomic E-state index is 5.45. The fourth-order valence-corrected chi connectivity index (χ4v) is 2.95. The van der Waals surface area contributed by atoms with E-state index in [4.69, 9.17) is 22.8 Å². The summed E-state index contributed by atoms with van der Waals surface area (Å²) in [4.78, 5) is 0. The molecule has 0 heterocycles. The van der Waals surface area contributed by atoms with Gasteiger partial charge < -0.3 is 22.8 Å². The van der Waals surface area contributed by atoms with E-state index in [-0.39, 0.29) is 6.10 Å². The SMILES string of the molecule is COC(C)COCCC[Si](OC)(OC)OC. The van der Waals surface area contributed by atoms with Crippen molar-refractivity contribution in [2.45, 2.75) is 25.5 Å².